The van der Waals surface area contributed by atoms with E-state index in [0.717, 1.165) is 6.54 Å². The Morgan fingerprint density at radius 3 is 3.00 bits per heavy atom. The standard InChI is InChI=1S/C11H19NS2/c1-2-7-12-8-3-4-9-13-11-6-5-10-14-11/h5-6,10,12H,2-4,7-9H2,1H3. The molecule has 14 heavy (non-hydrogen) atoms. The molecule has 1 aromatic heterocycles. The van der Waals surface area contributed by atoms with Crippen LogP contribution in [0.2, 0.25) is 0 Å². The molecular formula is C11H19NS2. The molecule has 0 amide bonds. The maximum atomic E-state index is 3.42. The zero-order valence-corrected chi connectivity index (χ0v) is 10.4. The molecule has 1 aromatic rings. The summed E-state index contributed by atoms with van der Waals surface area (Å²) in [6.07, 6.45) is 3.86. The van der Waals surface area contributed by atoms with Crippen molar-refractivity contribution in [3.63, 3.8) is 0 Å². The van der Waals surface area contributed by atoms with Crippen LogP contribution >= 0.6 is 23.1 Å². The lowest BCUT2D eigenvalue weighted by Crippen LogP contribution is -2.15. The molecule has 1 heterocycles. The molecule has 1 rings (SSSR count). The highest BCUT2D eigenvalue weighted by Crippen LogP contribution is 2.23. The van der Waals surface area contributed by atoms with Crippen LogP contribution in [0, 0.1) is 0 Å². The Balaban J connectivity index is 1.85. The first kappa shape index (κ1) is 12.1. The van der Waals surface area contributed by atoms with Crippen LogP contribution in [0.25, 0.3) is 0 Å². The van der Waals surface area contributed by atoms with Crippen molar-refractivity contribution in [2.24, 2.45) is 0 Å². The molecule has 0 aromatic carbocycles. The predicted molar refractivity (Wildman–Crippen MR) is 67.4 cm³/mol. The van der Waals surface area contributed by atoms with Gasteiger partial charge in [0, 0.05) is 0 Å². The summed E-state index contributed by atoms with van der Waals surface area (Å²) >= 11 is 3.82. The average Bonchev–Trinajstić information content (AvgIpc) is 2.69. The van der Waals surface area contributed by atoms with Gasteiger partial charge in [-0.25, -0.2) is 0 Å². The molecule has 0 unspecified atom stereocenters. The van der Waals surface area contributed by atoms with E-state index in [2.05, 4.69) is 29.8 Å². The van der Waals surface area contributed by atoms with E-state index < -0.39 is 0 Å². The third-order valence-electron chi connectivity index (χ3n) is 1.91. The summed E-state index contributed by atoms with van der Waals surface area (Å²) in [7, 11) is 0. The molecule has 1 N–H and O–H groups in total. The van der Waals surface area contributed by atoms with E-state index in [0.29, 0.717) is 0 Å². The first-order valence-corrected chi connectivity index (χ1v) is 7.17. The number of hydrogen-bond donors (Lipinski definition) is 1. The van der Waals surface area contributed by atoms with E-state index in [1.807, 2.05) is 23.1 Å². The van der Waals surface area contributed by atoms with Crippen molar-refractivity contribution in [3.05, 3.63) is 17.5 Å². The van der Waals surface area contributed by atoms with E-state index >= 15 is 0 Å². The van der Waals surface area contributed by atoms with Gasteiger partial charge >= 0.3 is 0 Å². The van der Waals surface area contributed by atoms with Gasteiger partial charge in [0.25, 0.3) is 0 Å². The normalized spacial score (nSPS) is 10.6. The molecule has 0 radical (unpaired) electrons. The molecule has 0 aliphatic carbocycles. The molecule has 0 fully saturated rings. The molecule has 80 valence electrons. The molecular weight excluding hydrogens is 210 g/mol. The fourth-order valence-corrected chi connectivity index (χ4v) is 3.03. The van der Waals surface area contributed by atoms with Crippen LogP contribution in [-0.2, 0) is 0 Å². The molecule has 0 saturated heterocycles. The minimum atomic E-state index is 1.16. The summed E-state index contributed by atoms with van der Waals surface area (Å²) in [6, 6.07) is 4.32. The van der Waals surface area contributed by atoms with Crippen molar-refractivity contribution in [1.29, 1.82) is 0 Å². The van der Waals surface area contributed by atoms with Gasteiger partial charge in [0.1, 0.15) is 0 Å². The second-order valence-electron chi connectivity index (χ2n) is 3.24. The van der Waals surface area contributed by atoms with Crippen LogP contribution in [0.5, 0.6) is 0 Å². The minimum absolute atomic E-state index is 1.16. The van der Waals surface area contributed by atoms with Crippen LogP contribution in [0.3, 0.4) is 0 Å². The number of nitrogens with one attached hydrogen (secondary N) is 1. The van der Waals surface area contributed by atoms with Gasteiger partial charge in [-0.1, -0.05) is 13.0 Å². The van der Waals surface area contributed by atoms with Gasteiger partial charge in [0.15, 0.2) is 0 Å². The Kier molecular flexibility index (Phi) is 7.19. The number of thioether (sulfide) groups is 1. The summed E-state index contributed by atoms with van der Waals surface area (Å²) in [5, 5.41) is 5.57. The fraction of sp³-hybridized carbons (Fsp3) is 0.636. The largest absolute Gasteiger partial charge is 0.317 e. The van der Waals surface area contributed by atoms with Crippen LogP contribution in [0.4, 0.5) is 0 Å². The quantitative estimate of drug-likeness (QED) is 0.540. The van der Waals surface area contributed by atoms with E-state index in [1.54, 1.807) is 0 Å². The third kappa shape index (κ3) is 5.68. The number of unbranched alkanes of at least 4 members (excludes halogenated alkanes) is 1. The molecule has 1 nitrogen and oxygen atoms in total. The zero-order chi connectivity index (χ0) is 10.1. The maximum Gasteiger partial charge on any atom is 0.0598 e. The average molecular weight is 229 g/mol. The van der Waals surface area contributed by atoms with Gasteiger partial charge in [-0.3, -0.25) is 0 Å². The number of thiophene rings is 1. The lowest BCUT2D eigenvalue weighted by Gasteiger charge is -2.01. The molecule has 0 saturated carbocycles. The molecule has 0 atom stereocenters. The maximum absolute atomic E-state index is 3.42. The molecule has 0 aliphatic rings. The lowest BCUT2D eigenvalue weighted by atomic mass is 10.3. The first-order chi connectivity index (χ1) is 6.93. The highest BCUT2D eigenvalue weighted by atomic mass is 32.2. The Hall–Kier alpha value is 0.01000. The summed E-state index contributed by atoms with van der Waals surface area (Å²) in [4.78, 5) is 0. The summed E-state index contributed by atoms with van der Waals surface area (Å²) < 4.78 is 1.45. The second-order valence-corrected chi connectivity index (χ2v) is 5.58. The van der Waals surface area contributed by atoms with E-state index in [1.165, 1.54) is 35.8 Å². The Bertz CT molecular complexity index is 209. The van der Waals surface area contributed by atoms with E-state index in [-0.39, 0.29) is 0 Å². The van der Waals surface area contributed by atoms with Gasteiger partial charge in [-0.2, -0.15) is 0 Å². The monoisotopic (exact) mass is 229 g/mol. The van der Waals surface area contributed by atoms with Crippen LogP contribution in [-0.4, -0.2) is 18.8 Å². The van der Waals surface area contributed by atoms with Gasteiger partial charge < -0.3 is 5.32 Å². The van der Waals surface area contributed by atoms with Crippen molar-refractivity contribution in [1.82, 2.24) is 5.32 Å². The molecule has 0 bridgehead atoms. The Labute approximate surface area is 95.3 Å². The van der Waals surface area contributed by atoms with Crippen LogP contribution < -0.4 is 5.32 Å². The third-order valence-corrected chi connectivity index (χ3v) is 4.13. The van der Waals surface area contributed by atoms with Crippen molar-refractivity contribution in [2.45, 2.75) is 30.4 Å². The van der Waals surface area contributed by atoms with Gasteiger partial charge in [-0.05, 0) is 49.6 Å². The first-order valence-electron chi connectivity index (χ1n) is 5.30. The van der Waals surface area contributed by atoms with E-state index in [9.17, 15) is 0 Å². The second kappa shape index (κ2) is 8.33. The van der Waals surface area contributed by atoms with Gasteiger partial charge in [-0.15, -0.1) is 23.1 Å². The van der Waals surface area contributed by atoms with Gasteiger partial charge in [0.2, 0.25) is 0 Å². The molecule has 0 spiro atoms. The van der Waals surface area contributed by atoms with Crippen LogP contribution in [0.15, 0.2) is 21.7 Å². The number of hydrogen-bond acceptors (Lipinski definition) is 3. The molecule has 3 heteroatoms. The fourth-order valence-electron chi connectivity index (χ4n) is 1.17. The predicted octanol–water partition coefficient (Wildman–Crippen LogP) is 3.62. The Morgan fingerprint density at radius 2 is 2.29 bits per heavy atom. The summed E-state index contributed by atoms with van der Waals surface area (Å²) in [6.45, 7) is 4.55. The smallest absolute Gasteiger partial charge is 0.0598 e. The summed E-state index contributed by atoms with van der Waals surface area (Å²) in [5.41, 5.74) is 0. The van der Waals surface area contributed by atoms with E-state index in [4.69, 9.17) is 0 Å². The van der Waals surface area contributed by atoms with Crippen LogP contribution in [0.1, 0.15) is 26.2 Å². The van der Waals surface area contributed by atoms with Crippen molar-refractivity contribution < 1.29 is 0 Å². The highest BCUT2D eigenvalue weighted by Gasteiger charge is 1.94. The SMILES string of the molecule is CCCNCCCCSc1cccs1. The number of rotatable bonds is 8. The topological polar surface area (TPSA) is 12.0 Å². The van der Waals surface area contributed by atoms with Crippen molar-refractivity contribution in [3.8, 4) is 0 Å². The summed E-state index contributed by atoms with van der Waals surface area (Å²) in [5.74, 6) is 1.26. The van der Waals surface area contributed by atoms with Crippen molar-refractivity contribution in [2.75, 3.05) is 18.8 Å². The molecule has 0 aliphatic heterocycles. The minimum Gasteiger partial charge on any atom is -0.317 e. The van der Waals surface area contributed by atoms with Gasteiger partial charge in [0.05, 0.1) is 4.21 Å². The zero-order valence-electron chi connectivity index (χ0n) is 8.79. The highest BCUT2D eigenvalue weighted by molar-refractivity contribution is 8.01. The Morgan fingerprint density at radius 1 is 1.36 bits per heavy atom. The van der Waals surface area contributed by atoms with Crippen molar-refractivity contribution >= 4 is 23.1 Å². The lowest BCUT2D eigenvalue weighted by molar-refractivity contribution is 0.635.